The normalized spacial score (nSPS) is 16.8. The maximum Gasteiger partial charge on any atom is 0.145 e. The monoisotopic (exact) mass is 262 g/mol. The molecule has 2 nitrogen and oxygen atoms in total. The van der Waals surface area contributed by atoms with E-state index in [1.54, 1.807) is 6.07 Å². The van der Waals surface area contributed by atoms with Gasteiger partial charge in [0.1, 0.15) is 11.9 Å². The third kappa shape index (κ3) is 2.16. The third-order valence-corrected chi connectivity index (χ3v) is 2.60. The van der Waals surface area contributed by atoms with E-state index in [0.29, 0.717) is 24.0 Å². The molecule has 70 valence electrons. The Kier molecular flexibility index (Phi) is 2.77. The summed E-state index contributed by atoms with van der Waals surface area (Å²) in [5.74, 6) is 0.712. The maximum atomic E-state index is 5.93. The summed E-state index contributed by atoms with van der Waals surface area (Å²) in [7, 11) is 0. The van der Waals surface area contributed by atoms with E-state index in [9.17, 15) is 0 Å². The second kappa shape index (κ2) is 3.86. The Morgan fingerprint density at radius 3 is 2.85 bits per heavy atom. The van der Waals surface area contributed by atoms with Crippen LogP contribution in [0.4, 0.5) is 0 Å². The van der Waals surface area contributed by atoms with E-state index in [1.165, 1.54) is 0 Å². The van der Waals surface area contributed by atoms with Crippen molar-refractivity contribution in [3.05, 3.63) is 27.7 Å². The van der Waals surface area contributed by atoms with Crippen molar-refractivity contribution in [2.24, 2.45) is 0 Å². The van der Waals surface area contributed by atoms with Gasteiger partial charge in [-0.05, 0) is 18.2 Å². The largest absolute Gasteiger partial charge is 0.484 e. The third-order valence-electron chi connectivity index (χ3n) is 1.79. The molecule has 1 aromatic rings. The molecule has 0 atom stereocenters. The fraction of sp³-hybridized carbons (Fsp3) is 0.333. The molecule has 1 aromatic carbocycles. The summed E-state index contributed by atoms with van der Waals surface area (Å²) in [6.45, 7) is 1.31. The van der Waals surface area contributed by atoms with E-state index in [-0.39, 0.29) is 6.10 Å². The molecule has 0 bridgehead atoms. The second-order valence-electron chi connectivity index (χ2n) is 2.85. The van der Waals surface area contributed by atoms with Gasteiger partial charge in [0.05, 0.1) is 18.2 Å². The minimum Gasteiger partial charge on any atom is -0.484 e. The molecule has 1 aliphatic heterocycles. The molecule has 0 aromatic heterocycles. The zero-order chi connectivity index (χ0) is 9.26. The van der Waals surface area contributed by atoms with Crippen molar-refractivity contribution in [3.8, 4) is 5.75 Å². The average molecular weight is 264 g/mol. The molecule has 1 saturated heterocycles. The summed E-state index contributed by atoms with van der Waals surface area (Å²) in [6.07, 6.45) is 0.159. The summed E-state index contributed by atoms with van der Waals surface area (Å²) in [5.41, 5.74) is 0. The van der Waals surface area contributed by atoms with Crippen molar-refractivity contribution in [2.75, 3.05) is 13.2 Å². The van der Waals surface area contributed by atoms with Crippen molar-refractivity contribution in [2.45, 2.75) is 6.10 Å². The zero-order valence-corrected chi connectivity index (χ0v) is 9.14. The summed E-state index contributed by atoms with van der Waals surface area (Å²) < 4.78 is 11.5. The number of benzene rings is 1. The Balaban J connectivity index is 2.13. The van der Waals surface area contributed by atoms with E-state index >= 15 is 0 Å². The molecule has 0 aliphatic carbocycles. The van der Waals surface area contributed by atoms with Gasteiger partial charge < -0.3 is 9.47 Å². The second-order valence-corrected chi connectivity index (χ2v) is 4.17. The number of hydrogen-bond acceptors (Lipinski definition) is 2. The molecular weight excluding hydrogens is 255 g/mol. The van der Waals surface area contributed by atoms with Gasteiger partial charge >= 0.3 is 0 Å². The standard InChI is InChI=1S/C9H8BrClO2/c10-6-1-2-8(11)9(3-6)13-7-4-12-5-7/h1-3,7H,4-5H2. The van der Waals surface area contributed by atoms with Gasteiger partial charge in [0.25, 0.3) is 0 Å². The lowest BCUT2D eigenvalue weighted by Gasteiger charge is -2.27. The summed E-state index contributed by atoms with van der Waals surface area (Å²) in [5, 5.41) is 0.634. The van der Waals surface area contributed by atoms with E-state index in [0.717, 1.165) is 4.47 Å². The Morgan fingerprint density at radius 2 is 2.23 bits per heavy atom. The average Bonchev–Trinajstić information content (AvgIpc) is 2.03. The van der Waals surface area contributed by atoms with E-state index < -0.39 is 0 Å². The predicted octanol–water partition coefficient (Wildman–Crippen LogP) is 2.88. The van der Waals surface area contributed by atoms with Crippen molar-refractivity contribution in [1.29, 1.82) is 0 Å². The van der Waals surface area contributed by atoms with Crippen LogP contribution in [-0.2, 0) is 4.74 Å². The Bertz CT molecular complexity index is 312. The topological polar surface area (TPSA) is 18.5 Å². The predicted molar refractivity (Wildman–Crippen MR) is 54.4 cm³/mol. The van der Waals surface area contributed by atoms with Crippen molar-refractivity contribution in [1.82, 2.24) is 0 Å². The van der Waals surface area contributed by atoms with Crippen LogP contribution in [0.1, 0.15) is 0 Å². The molecule has 1 aliphatic rings. The van der Waals surface area contributed by atoms with E-state index in [1.807, 2.05) is 12.1 Å². The van der Waals surface area contributed by atoms with Crippen LogP contribution in [0.3, 0.4) is 0 Å². The molecule has 1 heterocycles. The zero-order valence-electron chi connectivity index (χ0n) is 6.80. The summed E-state index contributed by atoms with van der Waals surface area (Å²) in [6, 6.07) is 5.55. The summed E-state index contributed by atoms with van der Waals surface area (Å²) in [4.78, 5) is 0. The first-order valence-electron chi connectivity index (χ1n) is 3.95. The van der Waals surface area contributed by atoms with Crippen LogP contribution in [0.15, 0.2) is 22.7 Å². The highest BCUT2D eigenvalue weighted by Crippen LogP contribution is 2.29. The van der Waals surface area contributed by atoms with Crippen LogP contribution in [0.5, 0.6) is 5.75 Å². The van der Waals surface area contributed by atoms with Crippen molar-refractivity contribution in [3.63, 3.8) is 0 Å². The SMILES string of the molecule is Clc1ccc(Br)cc1OC1COC1. The molecule has 0 amide bonds. The van der Waals surface area contributed by atoms with Gasteiger partial charge in [0.2, 0.25) is 0 Å². The lowest BCUT2D eigenvalue weighted by atomic mass is 10.3. The first-order valence-corrected chi connectivity index (χ1v) is 5.12. The van der Waals surface area contributed by atoms with Gasteiger partial charge in [-0.3, -0.25) is 0 Å². The highest BCUT2D eigenvalue weighted by atomic mass is 79.9. The first kappa shape index (κ1) is 9.31. The molecule has 0 spiro atoms. The van der Waals surface area contributed by atoms with Gasteiger partial charge in [-0.25, -0.2) is 0 Å². The van der Waals surface area contributed by atoms with Gasteiger partial charge in [-0.1, -0.05) is 27.5 Å². The molecule has 2 rings (SSSR count). The van der Waals surface area contributed by atoms with Crippen LogP contribution in [0.2, 0.25) is 5.02 Å². The molecule has 0 unspecified atom stereocenters. The first-order chi connectivity index (χ1) is 6.25. The minimum atomic E-state index is 0.159. The number of ether oxygens (including phenoxy) is 2. The van der Waals surface area contributed by atoms with Crippen LogP contribution < -0.4 is 4.74 Å². The highest BCUT2D eigenvalue weighted by molar-refractivity contribution is 9.10. The van der Waals surface area contributed by atoms with Crippen molar-refractivity contribution < 1.29 is 9.47 Å². The molecule has 1 fully saturated rings. The fourth-order valence-electron chi connectivity index (χ4n) is 1.03. The number of hydrogen-bond donors (Lipinski definition) is 0. The van der Waals surface area contributed by atoms with Crippen molar-refractivity contribution >= 4 is 27.5 Å². The lowest BCUT2D eigenvalue weighted by Crippen LogP contribution is -2.38. The van der Waals surface area contributed by atoms with Gasteiger partial charge in [-0.15, -0.1) is 0 Å². The molecule has 0 N–H and O–H groups in total. The Hall–Kier alpha value is -0.250. The van der Waals surface area contributed by atoms with Crippen LogP contribution >= 0.6 is 27.5 Å². The van der Waals surface area contributed by atoms with Gasteiger partial charge in [-0.2, -0.15) is 0 Å². The molecule has 4 heteroatoms. The van der Waals surface area contributed by atoms with Gasteiger partial charge in [0, 0.05) is 4.47 Å². The fourth-order valence-corrected chi connectivity index (χ4v) is 1.53. The van der Waals surface area contributed by atoms with E-state index in [2.05, 4.69) is 15.9 Å². The smallest absolute Gasteiger partial charge is 0.145 e. The molecule has 0 radical (unpaired) electrons. The number of halogens is 2. The molecule has 13 heavy (non-hydrogen) atoms. The summed E-state index contributed by atoms with van der Waals surface area (Å²) >= 11 is 9.29. The quantitative estimate of drug-likeness (QED) is 0.817. The van der Waals surface area contributed by atoms with E-state index in [4.69, 9.17) is 21.1 Å². The van der Waals surface area contributed by atoms with Crippen LogP contribution in [-0.4, -0.2) is 19.3 Å². The van der Waals surface area contributed by atoms with Crippen LogP contribution in [0.25, 0.3) is 0 Å². The Morgan fingerprint density at radius 1 is 1.46 bits per heavy atom. The molecular formula is C9H8BrClO2. The van der Waals surface area contributed by atoms with Gasteiger partial charge in [0.15, 0.2) is 0 Å². The Labute approximate surface area is 89.9 Å². The maximum absolute atomic E-state index is 5.93. The minimum absolute atomic E-state index is 0.159. The molecule has 0 saturated carbocycles. The van der Waals surface area contributed by atoms with Crippen LogP contribution in [0, 0.1) is 0 Å². The highest BCUT2D eigenvalue weighted by Gasteiger charge is 2.21. The lowest BCUT2D eigenvalue weighted by molar-refractivity contribution is -0.0796. The number of rotatable bonds is 2.